The van der Waals surface area contributed by atoms with Crippen LogP contribution in [0.2, 0.25) is 0 Å². The van der Waals surface area contributed by atoms with Crippen molar-refractivity contribution in [1.29, 1.82) is 0 Å². The summed E-state index contributed by atoms with van der Waals surface area (Å²) in [5, 5.41) is 7.79. The van der Waals surface area contributed by atoms with Gasteiger partial charge in [-0.1, -0.05) is 0 Å². The molecule has 0 unspecified atom stereocenters. The van der Waals surface area contributed by atoms with Crippen molar-refractivity contribution in [2.24, 2.45) is 0 Å². The first-order valence-electron chi connectivity index (χ1n) is 4.98. The monoisotopic (exact) mass is 240 g/mol. The smallest absolute Gasteiger partial charge is 0.315 e. The van der Waals surface area contributed by atoms with E-state index in [0.29, 0.717) is 18.2 Å². The highest BCUT2D eigenvalue weighted by Gasteiger charge is 2.23. The number of carbonyl (C=O) groups is 2. The second-order valence-corrected chi connectivity index (χ2v) is 4.23. The maximum absolute atomic E-state index is 11.7. The summed E-state index contributed by atoms with van der Waals surface area (Å²) in [6.07, 6.45) is 1.58. The van der Waals surface area contributed by atoms with Gasteiger partial charge in [0.1, 0.15) is 0 Å². The Morgan fingerprint density at radius 3 is 2.81 bits per heavy atom. The van der Waals surface area contributed by atoms with Crippen LogP contribution in [0.4, 0.5) is 5.13 Å². The first kappa shape index (κ1) is 11.0. The van der Waals surface area contributed by atoms with E-state index in [9.17, 15) is 9.59 Å². The van der Waals surface area contributed by atoms with E-state index in [2.05, 4.69) is 15.6 Å². The number of anilines is 1. The van der Waals surface area contributed by atoms with Gasteiger partial charge in [-0.2, -0.15) is 0 Å². The Morgan fingerprint density at radius 2 is 2.19 bits per heavy atom. The van der Waals surface area contributed by atoms with Crippen molar-refractivity contribution < 1.29 is 9.59 Å². The highest BCUT2D eigenvalue weighted by Crippen LogP contribution is 2.10. The van der Waals surface area contributed by atoms with Gasteiger partial charge < -0.3 is 10.2 Å². The summed E-state index contributed by atoms with van der Waals surface area (Å²) < 4.78 is 0. The molecule has 0 atom stereocenters. The van der Waals surface area contributed by atoms with E-state index in [1.54, 1.807) is 16.5 Å². The van der Waals surface area contributed by atoms with Gasteiger partial charge in [0, 0.05) is 37.8 Å². The molecule has 0 saturated carbocycles. The number of carbonyl (C=O) groups excluding carboxylic acids is 2. The van der Waals surface area contributed by atoms with E-state index in [1.807, 2.05) is 0 Å². The molecule has 0 bridgehead atoms. The SMILES string of the molecule is O=C(Nc1nccs1)C(=O)N1CCNCC1. The number of amides is 2. The van der Waals surface area contributed by atoms with Crippen LogP contribution in [0.15, 0.2) is 11.6 Å². The molecule has 2 amide bonds. The molecule has 1 aromatic rings. The van der Waals surface area contributed by atoms with Crippen LogP contribution in [0.3, 0.4) is 0 Å². The molecule has 0 aromatic carbocycles. The van der Waals surface area contributed by atoms with Crippen molar-refractivity contribution in [2.45, 2.75) is 0 Å². The molecule has 2 N–H and O–H groups in total. The molecule has 7 heteroatoms. The topological polar surface area (TPSA) is 74.3 Å². The van der Waals surface area contributed by atoms with E-state index >= 15 is 0 Å². The van der Waals surface area contributed by atoms with Crippen molar-refractivity contribution >= 4 is 28.3 Å². The Morgan fingerprint density at radius 1 is 1.44 bits per heavy atom. The van der Waals surface area contributed by atoms with Crippen molar-refractivity contribution in [3.05, 3.63) is 11.6 Å². The first-order chi connectivity index (χ1) is 7.77. The second-order valence-electron chi connectivity index (χ2n) is 3.33. The Bertz CT molecular complexity index is 373. The van der Waals surface area contributed by atoms with Crippen LogP contribution in [0.5, 0.6) is 0 Å². The summed E-state index contributed by atoms with van der Waals surface area (Å²) in [6, 6.07) is 0. The lowest BCUT2D eigenvalue weighted by Crippen LogP contribution is -2.49. The molecular formula is C9H12N4O2S. The number of rotatable bonds is 1. The highest BCUT2D eigenvalue weighted by atomic mass is 32.1. The maximum atomic E-state index is 11.7. The van der Waals surface area contributed by atoms with Gasteiger partial charge >= 0.3 is 11.8 Å². The zero-order valence-corrected chi connectivity index (χ0v) is 9.42. The predicted octanol–water partition coefficient (Wildman–Crippen LogP) is -0.487. The Kier molecular flexibility index (Phi) is 3.47. The summed E-state index contributed by atoms with van der Waals surface area (Å²) in [4.78, 5) is 28.7. The molecule has 6 nitrogen and oxygen atoms in total. The largest absolute Gasteiger partial charge is 0.332 e. The molecule has 2 heterocycles. The number of hydrogen-bond donors (Lipinski definition) is 2. The number of aromatic nitrogens is 1. The molecule has 1 aliphatic heterocycles. The molecule has 0 spiro atoms. The summed E-state index contributed by atoms with van der Waals surface area (Å²) >= 11 is 1.29. The van der Waals surface area contributed by atoms with E-state index in [4.69, 9.17) is 0 Å². The maximum Gasteiger partial charge on any atom is 0.315 e. The molecule has 86 valence electrons. The van der Waals surface area contributed by atoms with Gasteiger partial charge in [-0.15, -0.1) is 11.3 Å². The van der Waals surface area contributed by atoms with Crippen LogP contribution in [0.1, 0.15) is 0 Å². The van der Waals surface area contributed by atoms with Crippen LogP contribution in [0.25, 0.3) is 0 Å². The lowest BCUT2D eigenvalue weighted by molar-refractivity contribution is -0.143. The summed E-state index contributed by atoms with van der Waals surface area (Å²) in [7, 11) is 0. The number of nitrogens with one attached hydrogen (secondary N) is 2. The standard InChI is InChI=1S/C9H12N4O2S/c14-7(12-9-11-3-6-16-9)8(15)13-4-1-10-2-5-13/h3,6,10H,1-2,4-5H2,(H,11,12,14). The summed E-state index contributed by atoms with van der Waals surface area (Å²) in [6.45, 7) is 2.61. The van der Waals surface area contributed by atoms with Gasteiger partial charge in [0.2, 0.25) is 0 Å². The fraction of sp³-hybridized carbons (Fsp3) is 0.444. The molecular weight excluding hydrogens is 228 g/mol. The van der Waals surface area contributed by atoms with Crippen molar-refractivity contribution in [2.75, 3.05) is 31.5 Å². The predicted molar refractivity (Wildman–Crippen MR) is 60.2 cm³/mol. The van der Waals surface area contributed by atoms with Crippen molar-refractivity contribution in [3.8, 4) is 0 Å². The van der Waals surface area contributed by atoms with E-state index in [0.717, 1.165) is 13.1 Å². The van der Waals surface area contributed by atoms with Crippen LogP contribution in [-0.4, -0.2) is 47.9 Å². The van der Waals surface area contributed by atoms with E-state index in [1.165, 1.54) is 11.3 Å². The molecule has 16 heavy (non-hydrogen) atoms. The lowest BCUT2D eigenvalue weighted by atomic mass is 10.3. The molecule has 1 fully saturated rings. The van der Waals surface area contributed by atoms with Crippen LogP contribution < -0.4 is 10.6 Å². The van der Waals surface area contributed by atoms with Gasteiger partial charge in [0.15, 0.2) is 5.13 Å². The fourth-order valence-electron chi connectivity index (χ4n) is 1.45. The van der Waals surface area contributed by atoms with E-state index in [-0.39, 0.29) is 0 Å². The first-order valence-corrected chi connectivity index (χ1v) is 5.86. The van der Waals surface area contributed by atoms with Gasteiger partial charge in [0.25, 0.3) is 0 Å². The van der Waals surface area contributed by atoms with Gasteiger partial charge in [-0.3, -0.25) is 14.9 Å². The molecule has 1 aliphatic rings. The van der Waals surface area contributed by atoms with Crippen molar-refractivity contribution in [3.63, 3.8) is 0 Å². The zero-order chi connectivity index (χ0) is 11.4. The Labute approximate surface area is 96.7 Å². The Balaban J connectivity index is 1.91. The minimum atomic E-state index is -0.614. The van der Waals surface area contributed by atoms with Crippen LogP contribution in [-0.2, 0) is 9.59 Å². The lowest BCUT2D eigenvalue weighted by Gasteiger charge is -2.26. The second kappa shape index (κ2) is 5.04. The summed E-state index contributed by atoms with van der Waals surface area (Å²) in [5.74, 6) is -1.10. The highest BCUT2D eigenvalue weighted by molar-refractivity contribution is 7.13. The Hall–Kier alpha value is -1.47. The summed E-state index contributed by atoms with van der Waals surface area (Å²) in [5.41, 5.74) is 0. The van der Waals surface area contributed by atoms with Gasteiger partial charge in [-0.05, 0) is 0 Å². The number of piperazine rings is 1. The van der Waals surface area contributed by atoms with Crippen LogP contribution >= 0.6 is 11.3 Å². The van der Waals surface area contributed by atoms with E-state index < -0.39 is 11.8 Å². The van der Waals surface area contributed by atoms with Gasteiger partial charge in [-0.25, -0.2) is 4.98 Å². The quantitative estimate of drug-likeness (QED) is 0.650. The molecule has 0 aliphatic carbocycles. The zero-order valence-electron chi connectivity index (χ0n) is 8.60. The third kappa shape index (κ3) is 2.56. The molecule has 1 saturated heterocycles. The minimum absolute atomic E-state index is 0.452. The average molecular weight is 240 g/mol. The third-order valence-corrected chi connectivity index (χ3v) is 2.94. The van der Waals surface area contributed by atoms with Crippen LogP contribution in [0, 0.1) is 0 Å². The number of thiazole rings is 1. The fourth-order valence-corrected chi connectivity index (χ4v) is 1.97. The molecule has 2 rings (SSSR count). The minimum Gasteiger partial charge on any atom is -0.332 e. The molecule has 0 radical (unpaired) electrons. The number of nitrogens with zero attached hydrogens (tertiary/aromatic N) is 2. The van der Waals surface area contributed by atoms with Gasteiger partial charge in [0.05, 0.1) is 0 Å². The number of hydrogen-bond acceptors (Lipinski definition) is 5. The third-order valence-electron chi connectivity index (χ3n) is 2.25. The molecule has 1 aromatic heterocycles. The normalized spacial score (nSPS) is 15.9. The average Bonchev–Trinajstić information content (AvgIpc) is 2.82. The van der Waals surface area contributed by atoms with Crippen molar-refractivity contribution in [1.82, 2.24) is 15.2 Å².